The summed E-state index contributed by atoms with van der Waals surface area (Å²) in [5.74, 6) is 0. The fourth-order valence-electron chi connectivity index (χ4n) is 2.24. The Labute approximate surface area is 129 Å². The minimum atomic E-state index is -0.204. The first-order valence-corrected chi connectivity index (χ1v) is 7.65. The lowest BCUT2D eigenvalue weighted by atomic mass is 10.1. The predicted molar refractivity (Wildman–Crippen MR) is 86.4 cm³/mol. The smallest absolute Gasteiger partial charge is 0.252 e. The van der Waals surface area contributed by atoms with Crippen LogP contribution in [-0.4, -0.2) is 28.3 Å². The maximum absolute atomic E-state index is 11.8. The van der Waals surface area contributed by atoms with Crippen LogP contribution in [0, 0.1) is 4.77 Å². The minimum absolute atomic E-state index is 0.204. The molecule has 0 unspecified atom stereocenters. The lowest BCUT2D eigenvalue weighted by molar-refractivity contribution is 0.187. The van der Waals surface area contributed by atoms with Gasteiger partial charge in [0.2, 0.25) is 0 Å². The van der Waals surface area contributed by atoms with Crippen molar-refractivity contribution >= 4 is 33.8 Å². The molecule has 1 aromatic carbocycles. The van der Waals surface area contributed by atoms with Crippen molar-refractivity contribution in [1.82, 2.24) is 14.5 Å². The van der Waals surface area contributed by atoms with Gasteiger partial charge in [0, 0.05) is 25.3 Å². The van der Waals surface area contributed by atoms with Crippen LogP contribution in [-0.2, 0) is 11.3 Å². The summed E-state index contributed by atoms with van der Waals surface area (Å²) in [6.45, 7) is 1.10. The molecule has 1 N–H and O–H groups in total. The van der Waals surface area contributed by atoms with Crippen LogP contribution in [0.25, 0.3) is 21.5 Å². The molecule has 0 aliphatic heterocycles. The molecule has 0 aliphatic rings. The number of thiazole rings is 1. The summed E-state index contributed by atoms with van der Waals surface area (Å²) in [7, 11) is 1.64. The van der Waals surface area contributed by atoms with Crippen molar-refractivity contribution in [1.29, 1.82) is 0 Å². The van der Waals surface area contributed by atoms with Crippen molar-refractivity contribution < 1.29 is 4.74 Å². The van der Waals surface area contributed by atoms with Gasteiger partial charge in [0.15, 0.2) is 4.77 Å². The first-order chi connectivity index (χ1) is 10.2. The molecule has 2 aromatic heterocycles. The third-order valence-corrected chi connectivity index (χ3v) is 4.38. The van der Waals surface area contributed by atoms with Gasteiger partial charge in [-0.05, 0) is 18.3 Å². The average molecular weight is 319 g/mol. The number of methoxy groups -OCH3 is 1. The van der Waals surface area contributed by atoms with Crippen molar-refractivity contribution in [3.8, 4) is 11.3 Å². The van der Waals surface area contributed by atoms with Crippen molar-refractivity contribution in [3.05, 3.63) is 44.9 Å². The number of aromatic nitrogens is 3. The molecule has 7 heteroatoms. The van der Waals surface area contributed by atoms with E-state index in [1.165, 1.54) is 0 Å². The highest BCUT2D eigenvalue weighted by molar-refractivity contribution is 7.71. The van der Waals surface area contributed by atoms with Gasteiger partial charge in [-0.15, -0.1) is 11.3 Å². The Morgan fingerprint density at radius 2 is 2.33 bits per heavy atom. The molecule has 21 heavy (non-hydrogen) atoms. The summed E-state index contributed by atoms with van der Waals surface area (Å²) >= 11 is 6.83. The third kappa shape index (κ3) is 2.67. The quantitative estimate of drug-likeness (QED) is 0.751. The molecular weight excluding hydrogens is 306 g/mol. The Balaban J connectivity index is 2.28. The fourth-order valence-corrected chi connectivity index (χ4v) is 3.34. The van der Waals surface area contributed by atoms with Gasteiger partial charge >= 0.3 is 0 Å². The standard InChI is InChI=1S/C14H13N3O2S2/c1-19-6-5-17-11(7-12(18)16-14(17)20)9-3-2-4-10-13(9)21-8-15-10/h2-4,7-8H,5-6H2,1H3,(H,16,18,20). The summed E-state index contributed by atoms with van der Waals surface area (Å²) in [5, 5.41) is 0. The molecule has 5 nitrogen and oxygen atoms in total. The fraction of sp³-hybridized carbons (Fsp3) is 0.214. The van der Waals surface area contributed by atoms with E-state index in [1.807, 2.05) is 22.8 Å². The van der Waals surface area contributed by atoms with Gasteiger partial charge in [-0.1, -0.05) is 12.1 Å². The number of rotatable bonds is 4. The largest absolute Gasteiger partial charge is 0.383 e. The highest BCUT2D eigenvalue weighted by Crippen LogP contribution is 2.30. The normalized spacial score (nSPS) is 11.1. The maximum Gasteiger partial charge on any atom is 0.252 e. The van der Waals surface area contributed by atoms with Gasteiger partial charge in [0.25, 0.3) is 5.56 Å². The number of nitrogens with zero attached hydrogens (tertiary/aromatic N) is 2. The van der Waals surface area contributed by atoms with E-state index < -0.39 is 0 Å². The number of ether oxygens (including phenoxy) is 1. The Hall–Kier alpha value is -1.83. The van der Waals surface area contributed by atoms with Crippen LogP contribution < -0.4 is 5.56 Å². The number of hydrogen-bond donors (Lipinski definition) is 1. The van der Waals surface area contributed by atoms with Crippen LogP contribution in [0.1, 0.15) is 0 Å². The molecule has 0 atom stereocenters. The molecular formula is C14H13N3O2S2. The molecule has 3 aromatic rings. The van der Waals surface area contributed by atoms with Gasteiger partial charge in [0.05, 0.1) is 28.0 Å². The number of fused-ring (bicyclic) bond motifs is 1. The van der Waals surface area contributed by atoms with Crippen LogP contribution in [0.2, 0.25) is 0 Å². The Bertz CT molecular complexity index is 895. The second kappa shape index (κ2) is 5.88. The van der Waals surface area contributed by atoms with Crippen LogP contribution >= 0.6 is 23.6 Å². The summed E-state index contributed by atoms with van der Waals surface area (Å²) in [4.78, 5) is 18.8. The summed E-state index contributed by atoms with van der Waals surface area (Å²) < 4.78 is 8.45. The molecule has 3 rings (SSSR count). The zero-order valence-corrected chi connectivity index (χ0v) is 13.0. The molecule has 0 bridgehead atoms. The van der Waals surface area contributed by atoms with Crippen molar-refractivity contribution in [2.75, 3.05) is 13.7 Å². The molecule has 0 radical (unpaired) electrons. The molecule has 108 valence electrons. The molecule has 0 saturated heterocycles. The van der Waals surface area contributed by atoms with E-state index in [2.05, 4.69) is 9.97 Å². The van der Waals surface area contributed by atoms with Gasteiger partial charge in [-0.3, -0.25) is 9.78 Å². The summed E-state index contributed by atoms with van der Waals surface area (Å²) in [6, 6.07) is 7.44. The lowest BCUT2D eigenvalue weighted by Gasteiger charge is -2.13. The number of benzene rings is 1. The van der Waals surface area contributed by atoms with E-state index >= 15 is 0 Å². The molecule has 0 amide bonds. The SMILES string of the molecule is COCCn1c(-c2cccc3ncsc23)cc(=O)[nH]c1=S. The van der Waals surface area contributed by atoms with E-state index in [0.717, 1.165) is 21.5 Å². The Morgan fingerprint density at radius 3 is 3.14 bits per heavy atom. The summed E-state index contributed by atoms with van der Waals surface area (Å²) in [5.41, 5.74) is 4.27. The first kappa shape index (κ1) is 14.1. The lowest BCUT2D eigenvalue weighted by Crippen LogP contribution is -2.16. The zero-order valence-electron chi connectivity index (χ0n) is 11.3. The van der Waals surface area contributed by atoms with E-state index in [4.69, 9.17) is 17.0 Å². The van der Waals surface area contributed by atoms with Gasteiger partial charge in [-0.2, -0.15) is 0 Å². The number of nitrogens with one attached hydrogen (secondary N) is 1. The number of aromatic amines is 1. The molecule has 0 saturated carbocycles. The second-order valence-electron chi connectivity index (χ2n) is 4.47. The van der Waals surface area contributed by atoms with Crippen molar-refractivity contribution in [3.63, 3.8) is 0 Å². The minimum Gasteiger partial charge on any atom is -0.383 e. The monoisotopic (exact) mass is 319 g/mol. The highest BCUT2D eigenvalue weighted by Gasteiger charge is 2.11. The van der Waals surface area contributed by atoms with E-state index in [9.17, 15) is 4.79 Å². The number of hydrogen-bond acceptors (Lipinski definition) is 5. The molecule has 0 fully saturated rings. The average Bonchev–Trinajstić information content (AvgIpc) is 2.94. The first-order valence-electron chi connectivity index (χ1n) is 6.36. The highest BCUT2D eigenvalue weighted by atomic mass is 32.1. The zero-order chi connectivity index (χ0) is 14.8. The van der Waals surface area contributed by atoms with E-state index in [1.54, 1.807) is 30.0 Å². The van der Waals surface area contributed by atoms with Crippen molar-refractivity contribution in [2.24, 2.45) is 0 Å². The Morgan fingerprint density at radius 1 is 1.48 bits per heavy atom. The topological polar surface area (TPSA) is 59.9 Å². The van der Waals surface area contributed by atoms with E-state index in [0.29, 0.717) is 17.9 Å². The van der Waals surface area contributed by atoms with Gasteiger partial charge in [0.1, 0.15) is 0 Å². The van der Waals surface area contributed by atoms with Crippen LogP contribution in [0.15, 0.2) is 34.6 Å². The molecule has 2 heterocycles. The third-order valence-electron chi connectivity index (χ3n) is 3.19. The predicted octanol–water partition coefficient (Wildman–Crippen LogP) is 2.83. The molecule has 0 aliphatic carbocycles. The van der Waals surface area contributed by atoms with E-state index in [-0.39, 0.29) is 5.56 Å². The van der Waals surface area contributed by atoms with Crippen LogP contribution in [0.4, 0.5) is 0 Å². The van der Waals surface area contributed by atoms with Gasteiger partial charge < -0.3 is 9.30 Å². The number of H-pyrrole nitrogens is 1. The second-order valence-corrected chi connectivity index (χ2v) is 5.72. The summed E-state index contributed by atoms with van der Waals surface area (Å²) in [6.07, 6.45) is 0. The Kier molecular flexibility index (Phi) is 3.96. The molecule has 0 spiro atoms. The maximum atomic E-state index is 11.8. The van der Waals surface area contributed by atoms with Crippen LogP contribution in [0.3, 0.4) is 0 Å². The van der Waals surface area contributed by atoms with Crippen molar-refractivity contribution in [2.45, 2.75) is 6.54 Å². The van der Waals surface area contributed by atoms with Gasteiger partial charge in [-0.25, -0.2) is 4.98 Å². The van der Waals surface area contributed by atoms with Crippen LogP contribution in [0.5, 0.6) is 0 Å².